The Morgan fingerprint density at radius 2 is 1.20 bits per heavy atom. The van der Waals surface area contributed by atoms with Crippen LogP contribution in [0.25, 0.3) is 82.1 Å². The summed E-state index contributed by atoms with van der Waals surface area (Å²) in [7, 11) is -1.97. The Hall–Kier alpha value is -7.11. The number of ether oxygens (including phenoxy) is 1. The third kappa shape index (κ3) is 8.80. The maximum atomic E-state index is 9.33. The summed E-state index contributed by atoms with van der Waals surface area (Å²) in [5.74, 6) is 1.27. The average Bonchev–Trinajstić information content (AvgIpc) is 3.94. The van der Waals surface area contributed by atoms with Gasteiger partial charge in [-0.2, -0.15) is 11.3 Å². The maximum absolute atomic E-state index is 9.33. The Bertz CT molecular complexity index is 4170. The summed E-state index contributed by atoms with van der Waals surface area (Å²) in [5, 5.41) is 10.4. The molecular formula is C68H63N4OPtSi-3. The van der Waals surface area contributed by atoms with Crippen molar-refractivity contribution in [3.05, 3.63) is 205 Å². The number of hydrogen-bond donors (Lipinski definition) is 0. The second-order valence-corrected chi connectivity index (χ2v) is 28.5. The third-order valence-electron chi connectivity index (χ3n) is 15.0. The molecule has 11 aromatic rings. The molecule has 378 valence electrons. The normalized spacial score (nSPS) is 13.2. The molecule has 0 N–H and O–H groups in total. The van der Waals surface area contributed by atoms with Gasteiger partial charge in [0, 0.05) is 51.3 Å². The van der Waals surface area contributed by atoms with Crippen LogP contribution in [-0.4, -0.2) is 22.2 Å². The number of hydrogen-bond acceptors (Lipinski definition) is 3. The van der Waals surface area contributed by atoms with Crippen LogP contribution >= 0.6 is 0 Å². The molecule has 0 saturated carbocycles. The number of fused-ring (bicyclic) bond motifs is 10. The first-order valence-corrected chi connectivity index (χ1v) is 29.4. The Balaban J connectivity index is 0.00000616. The van der Waals surface area contributed by atoms with Gasteiger partial charge < -0.3 is 18.8 Å². The predicted octanol–water partition coefficient (Wildman–Crippen LogP) is 18.2. The van der Waals surface area contributed by atoms with Crippen molar-refractivity contribution < 1.29 is 27.2 Å². The minimum Gasteiger partial charge on any atom is -0.509 e. The molecule has 75 heavy (non-hydrogen) atoms. The quantitative estimate of drug-likeness (QED) is 0.118. The molecule has 1 aliphatic rings. The van der Waals surface area contributed by atoms with Crippen LogP contribution < -0.4 is 14.8 Å². The molecule has 5 nitrogen and oxygen atoms in total. The van der Waals surface area contributed by atoms with Crippen molar-refractivity contribution in [1.29, 1.82) is 0 Å². The van der Waals surface area contributed by atoms with Crippen molar-refractivity contribution in [3.8, 4) is 28.4 Å². The van der Waals surface area contributed by atoms with Crippen LogP contribution in [0, 0.1) is 18.8 Å². The fraction of sp³-hybridized carbons (Fsp3) is 0.206. The van der Waals surface area contributed by atoms with Crippen molar-refractivity contribution in [2.24, 2.45) is 0 Å². The van der Waals surface area contributed by atoms with Crippen LogP contribution in [0.3, 0.4) is 0 Å². The molecule has 8 aromatic carbocycles. The molecule has 0 saturated heterocycles. The van der Waals surface area contributed by atoms with Crippen LogP contribution in [0.5, 0.6) is 11.5 Å². The molecule has 7 heteroatoms. The summed E-state index contributed by atoms with van der Waals surface area (Å²) in [5.41, 5.74) is 11.5. The van der Waals surface area contributed by atoms with Crippen LogP contribution in [0.4, 0.5) is 11.4 Å². The summed E-state index contributed by atoms with van der Waals surface area (Å²) in [6.07, 6.45) is 1.91. The molecule has 0 spiro atoms. The molecule has 0 bridgehead atoms. The summed E-state index contributed by atoms with van der Waals surface area (Å²) in [6, 6.07) is 67.0. The van der Waals surface area contributed by atoms with Gasteiger partial charge in [-0.15, -0.1) is 35.7 Å². The van der Waals surface area contributed by atoms with Crippen LogP contribution in [0.15, 0.2) is 170 Å². The Morgan fingerprint density at radius 3 is 1.85 bits per heavy atom. The number of pyridine rings is 1. The van der Waals surface area contributed by atoms with Gasteiger partial charge in [-0.3, -0.25) is 0 Å². The molecule has 0 amide bonds. The average molecular weight is 1180 g/mol. The fourth-order valence-electron chi connectivity index (χ4n) is 10.9. The van der Waals surface area contributed by atoms with E-state index in [0.717, 1.165) is 88.3 Å². The van der Waals surface area contributed by atoms with Crippen molar-refractivity contribution in [3.63, 3.8) is 0 Å². The van der Waals surface area contributed by atoms with E-state index in [-0.39, 0.29) is 31.9 Å². The molecular weight excluding hydrogens is 1110 g/mol. The van der Waals surface area contributed by atoms with Crippen LogP contribution in [0.1, 0.15) is 79.3 Å². The first kappa shape index (κ1) is 48.8. The number of aromatic nitrogens is 3. The van der Waals surface area contributed by atoms with E-state index in [0.29, 0.717) is 11.5 Å². The Labute approximate surface area is 458 Å². The molecule has 0 radical (unpaired) electrons. The zero-order valence-electron chi connectivity index (χ0n) is 45.8. The Morgan fingerprint density at radius 1 is 0.587 bits per heavy atom. The first-order valence-electron chi connectivity index (χ1n) is 26.4. The minimum atomic E-state index is -1.97. The minimum absolute atomic E-state index is 0. The summed E-state index contributed by atoms with van der Waals surface area (Å²) in [4.78, 5) is 7.24. The number of anilines is 2. The zero-order valence-corrected chi connectivity index (χ0v) is 48.0. The predicted molar refractivity (Wildman–Crippen MR) is 317 cm³/mol. The largest absolute Gasteiger partial charge is 0.509 e. The van der Waals surface area contributed by atoms with Gasteiger partial charge in [0.2, 0.25) is 0 Å². The van der Waals surface area contributed by atoms with Crippen molar-refractivity contribution in [2.45, 2.75) is 91.8 Å². The molecule has 0 fully saturated rings. The number of nitrogens with zero attached hydrogens (tertiary/aromatic N) is 4. The van der Waals surface area contributed by atoms with E-state index in [1.807, 2.05) is 26.1 Å². The van der Waals surface area contributed by atoms with Gasteiger partial charge in [-0.1, -0.05) is 201 Å². The van der Waals surface area contributed by atoms with E-state index in [1.54, 1.807) is 0 Å². The topological polar surface area (TPSA) is 35.2 Å². The van der Waals surface area contributed by atoms with Gasteiger partial charge in [0.05, 0.1) is 8.07 Å². The maximum Gasteiger partial charge on any atom is 0.135 e. The van der Waals surface area contributed by atoms with E-state index in [2.05, 4.69) is 252 Å². The monoisotopic (exact) mass is 1180 g/mol. The van der Waals surface area contributed by atoms with E-state index >= 15 is 0 Å². The van der Waals surface area contributed by atoms with E-state index in [4.69, 9.17) is 9.72 Å². The van der Waals surface area contributed by atoms with E-state index < -0.39 is 14.0 Å². The standard InChI is InChI=1S/C68H63N4OSi.Pt/c1-43(2)44-34-45(36-47(35-44)68(6,7)8)52-25-18-26-59-55-22-14-12-20-53(55)54-21-13-15-23-56(54)60-27-19-29-62-66(60)71(65(52)59)42-70(62)48-38-50(40-51(39-48)74(9,10)11)73-49-30-31-58-57-24-16-17-28-61(57)72(63(58)41-49)64-37-46(32-33-69-64)67(3,4)5;/h12-37,39-40,42-43H,1-11H3;/q-3;/i43D;. The number of para-hydroxylation sites is 3. The second-order valence-electron chi connectivity index (χ2n) is 23.4. The van der Waals surface area contributed by atoms with Crippen LogP contribution in [0.2, 0.25) is 19.6 Å². The zero-order chi connectivity index (χ0) is 52.3. The van der Waals surface area contributed by atoms with E-state index in [9.17, 15) is 1.37 Å². The van der Waals surface area contributed by atoms with Gasteiger partial charge in [-0.05, 0) is 124 Å². The van der Waals surface area contributed by atoms with Gasteiger partial charge in [0.15, 0.2) is 0 Å². The van der Waals surface area contributed by atoms with Gasteiger partial charge in [0.1, 0.15) is 5.82 Å². The third-order valence-corrected chi connectivity index (χ3v) is 17.0. The molecule has 0 atom stereocenters. The molecule has 1 aliphatic heterocycles. The summed E-state index contributed by atoms with van der Waals surface area (Å²) in [6.45, 7) is 26.9. The molecule has 12 rings (SSSR count). The van der Waals surface area contributed by atoms with Crippen molar-refractivity contribution >= 4 is 89.8 Å². The summed E-state index contributed by atoms with van der Waals surface area (Å²) >= 11 is 0. The van der Waals surface area contributed by atoms with Crippen molar-refractivity contribution in [1.82, 2.24) is 14.1 Å². The Kier molecular flexibility index (Phi) is 12.1. The van der Waals surface area contributed by atoms with Gasteiger partial charge in [0.25, 0.3) is 0 Å². The van der Waals surface area contributed by atoms with Gasteiger partial charge in [-0.25, -0.2) is 4.98 Å². The molecule has 0 aliphatic carbocycles. The first-order chi connectivity index (χ1) is 35.7. The summed E-state index contributed by atoms with van der Waals surface area (Å²) < 4.78 is 21.0. The van der Waals surface area contributed by atoms with Crippen molar-refractivity contribution in [2.75, 3.05) is 4.90 Å². The SMILES string of the molecule is [2H]C(C)(C)c1cc(-c2cccc3c4ccccc4c4ccccc4c4cccc5c4n(c23)[CH-]N5c2[c-]c(Oc3[c-]c4c(cc3)c3ccccc3n4-c3cc(C(C)(C)C)ccn3)cc([Si](C)(C)C)c2)cc(C(C)(C)C)c1.[Pt]. The molecule has 3 aromatic heterocycles. The molecule has 4 heterocycles. The number of benzene rings is 8. The number of rotatable bonds is 7. The second kappa shape index (κ2) is 18.6. The smallest absolute Gasteiger partial charge is 0.135 e. The van der Waals surface area contributed by atoms with Gasteiger partial charge >= 0.3 is 0 Å². The molecule has 0 unspecified atom stereocenters. The van der Waals surface area contributed by atoms with Crippen LogP contribution in [-0.2, 0) is 31.9 Å². The van der Waals surface area contributed by atoms with E-state index in [1.165, 1.54) is 27.1 Å². The fourth-order valence-corrected chi connectivity index (χ4v) is 12.0.